The van der Waals surface area contributed by atoms with Gasteiger partial charge in [0.1, 0.15) is 18.3 Å². The molecule has 0 spiro atoms. The number of hydrogen-bond donors (Lipinski definition) is 1. The average Bonchev–Trinajstić information content (AvgIpc) is 2.84. The largest absolute Gasteiger partial charge is 0.368 e. The van der Waals surface area contributed by atoms with Crippen LogP contribution in [0.4, 0.5) is 0 Å². The molecule has 1 aliphatic heterocycles. The van der Waals surface area contributed by atoms with E-state index in [0.29, 0.717) is 28.3 Å². The Bertz CT molecular complexity index is 998. The Morgan fingerprint density at radius 1 is 0.600 bits per heavy atom. The quantitative estimate of drug-likeness (QED) is 0.340. The van der Waals surface area contributed by atoms with Crippen LogP contribution in [0.2, 0.25) is 15.1 Å². The summed E-state index contributed by atoms with van der Waals surface area (Å²) >= 11 is 18.0. The van der Waals surface area contributed by atoms with Gasteiger partial charge in [-0.15, -0.1) is 0 Å². The maximum absolute atomic E-state index is 10.8. The molecule has 0 aromatic heterocycles. The Morgan fingerprint density at radius 3 is 1.34 bits per heavy atom. The van der Waals surface area contributed by atoms with Gasteiger partial charge < -0.3 is 24.1 Å². The maximum atomic E-state index is 10.8. The monoisotopic (exact) mass is 536 g/mol. The van der Waals surface area contributed by atoms with Crippen molar-refractivity contribution in [2.75, 3.05) is 0 Å². The van der Waals surface area contributed by atoms with Crippen LogP contribution in [0, 0.1) is 0 Å². The van der Waals surface area contributed by atoms with Gasteiger partial charge in [-0.2, -0.15) is 0 Å². The summed E-state index contributed by atoms with van der Waals surface area (Å²) < 4.78 is 24.5. The topological polar surface area (TPSA) is 57.2 Å². The summed E-state index contributed by atoms with van der Waals surface area (Å²) in [6.07, 6.45) is -3.46. The van der Waals surface area contributed by atoms with Gasteiger partial charge in [-0.05, 0) is 60.0 Å². The molecule has 5 atom stereocenters. The van der Waals surface area contributed by atoms with Gasteiger partial charge in [0.25, 0.3) is 0 Å². The van der Waals surface area contributed by atoms with E-state index in [4.69, 9.17) is 53.8 Å². The zero-order valence-electron chi connectivity index (χ0n) is 19.2. The number of hydrogen-bond acceptors (Lipinski definition) is 5. The summed E-state index contributed by atoms with van der Waals surface area (Å²) in [5, 5.41) is 12.7. The van der Waals surface area contributed by atoms with Crippen molar-refractivity contribution < 1.29 is 24.1 Å². The summed E-state index contributed by atoms with van der Waals surface area (Å²) in [6.45, 7) is 2.73. The minimum Gasteiger partial charge on any atom is -0.368 e. The second kappa shape index (κ2) is 12.5. The molecule has 0 radical (unpaired) electrons. The minimum atomic E-state index is -1.18. The molecule has 3 aromatic rings. The number of benzene rings is 3. The average molecular weight is 538 g/mol. The normalized spacial score (nSPS) is 24.4. The van der Waals surface area contributed by atoms with Gasteiger partial charge in [-0.25, -0.2) is 0 Å². The van der Waals surface area contributed by atoms with Crippen molar-refractivity contribution >= 4 is 34.8 Å². The number of aliphatic hydroxyl groups excluding tert-OH is 1. The fourth-order valence-electron chi connectivity index (χ4n) is 3.91. The number of rotatable bonds is 9. The van der Waals surface area contributed by atoms with Crippen LogP contribution in [0.15, 0.2) is 72.8 Å². The molecule has 35 heavy (non-hydrogen) atoms. The van der Waals surface area contributed by atoms with Crippen molar-refractivity contribution in [1.82, 2.24) is 0 Å². The molecular weight excluding hydrogens is 511 g/mol. The first-order chi connectivity index (χ1) is 16.9. The van der Waals surface area contributed by atoms with E-state index in [1.165, 1.54) is 0 Å². The summed E-state index contributed by atoms with van der Waals surface area (Å²) in [4.78, 5) is 0. The summed E-state index contributed by atoms with van der Waals surface area (Å²) in [5.74, 6) is 0. The molecule has 2 unspecified atom stereocenters. The minimum absolute atomic E-state index is 0.251. The molecule has 1 N–H and O–H groups in total. The van der Waals surface area contributed by atoms with Gasteiger partial charge in [0.05, 0.1) is 25.9 Å². The van der Waals surface area contributed by atoms with Gasteiger partial charge >= 0.3 is 0 Å². The van der Waals surface area contributed by atoms with Gasteiger partial charge in [-0.3, -0.25) is 0 Å². The van der Waals surface area contributed by atoms with E-state index in [1.807, 2.05) is 67.6 Å². The molecule has 8 heteroatoms. The van der Waals surface area contributed by atoms with E-state index >= 15 is 0 Å². The molecule has 3 aromatic carbocycles. The van der Waals surface area contributed by atoms with Gasteiger partial charge in [0.15, 0.2) is 6.29 Å². The van der Waals surface area contributed by atoms with Gasteiger partial charge in [-0.1, -0.05) is 71.2 Å². The lowest BCUT2D eigenvalue weighted by atomic mass is 9.98. The molecule has 1 aliphatic rings. The zero-order chi connectivity index (χ0) is 24.8. The highest BCUT2D eigenvalue weighted by molar-refractivity contribution is 6.31. The van der Waals surface area contributed by atoms with Crippen LogP contribution in [0.3, 0.4) is 0 Å². The molecule has 0 aliphatic carbocycles. The molecule has 1 saturated heterocycles. The summed E-state index contributed by atoms with van der Waals surface area (Å²) in [7, 11) is 0. The Hall–Kier alpha value is -1.67. The van der Waals surface area contributed by atoms with Crippen molar-refractivity contribution in [3.63, 3.8) is 0 Å². The van der Waals surface area contributed by atoms with E-state index in [1.54, 1.807) is 12.1 Å². The van der Waals surface area contributed by atoms with Crippen molar-refractivity contribution in [3.8, 4) is 0 Å². The van der Waals surface area contributed by atoms with E-state index in [0.717, 1.165) is 16.7 Å². The lowest BCUT2D eigenvalue weighted by molar-refractivity contribution is -0.308. The first-order valence-corrected chi connectivity index (χ1v) is 12.4. The molecule has 1 heterocycles. The number of halogens is 3. The van der Waals surface area contributed by atoms with Crippen LogP contribution in [0.5, 0.6) is 0 Å². The van der Waals surface area contributed by atoms with E-state index in [2.05, 4.69) is 0 Å². The summed E-state index contributed by atoms with van der Waals surface area (Å²) in [6, 6.07) is 22.2. The van der Waals surface area contributed by atoms with Crippen molar-refractivity contribution in [2.24, 2.45) is 0 Å². The van der Waals surface area contributed by atoms with Crippen LogP contribution in [-0.2, 0) is 38.8 Å². The molecule has 0 bridgehead atoms. The predicted octanol–water partition coefficient (Wildman–Crippen LogP) is 6.44. The highest BCUT2D eigenvalue weighted by Gasteiger charge is 2.46. The molecule has 5 nitrogen and oxygen atoms in total. The number of ether oxygens (including phenoxy) is 4. The zero-order valence-corrected chi connectivity index (χ0v) is 21.4. The third-order valence-corrected chi connectivity index (χ3v) is 6.57. The third-order valence-electron chi connectivity index (χ3n) is 5.81. The molecular formula is C27H27Cl3O5. The van der Waals surface area contributed by atoms with E-state index in [-0.39, 0.29) is 6.61 Å². The Labute approximate surface area is 220 Å². The fourth-order valence-corrected chi connectivity index (χ4v) is 4.29. The summed E-state index contributed by atoms with van der Waals surface area (Å²) in [5.41, 5.74) is 2.81. The Morgan fingerprint density at radius 2 is 0.943 bits per heavy atom. The van der Waals surface area contributed by atoms with Crippen LogP contribution >= 0.6 is 34.8 Å². The SMILES string of the molecule is CC1O[C@H](O)[C@H](OCc2ccc(Cl)cc2)C(OCc2ccc(Cl)cc2)[C@@H]1OCc1ccc(Cl)cc1. The van der Waals surface area contributed by atoms with Gasteiger partial charge in [0.2, 0.25) is 0 Å². The molecule has 0 amide bonds. The Balaban J connectivity index is 1.51. The molecule has 186 valence electrons. The van der Waals surface area contributed by atoms with Crippen molar-refractivity contribution in [1.29, 1.82) is 0 Å². The van der Waals surface area contributed by atoms with Crippen molar-refractivity contribution in [2.45, 2.75) is 57.5 Å². The first kappa shape index (κ1) is 26.4. The smallest absolute Gasteiger partial charge is 0.184 e. The molecule has 1 fully saturated rings. The molecule has 4 rings (SSSR count). The van der Waals surface area contributed by atoms with Crippen molar-refractivity contribution in [3.05, 3.63) is 105 Å². The van der Waals surface area contributed by atoms with E-state index in [9.17, 15) is 5.11 Å². The maximum Gasteiger partial charge on any atom is 0.184 e. The van der Waals surface area contributed by atoms with Crippen LogP contribution in [-0.4, -0.2) is 35.8 Å². The lowest BCUT2D eigenvalue weighted by Gasteiger charge is -2.43. The third kappa shape index (κ3) is 7.42. The standard InChI is InChI=1S/C27H27Cl3O5/c1-17-24(32-14-18-2-8-21(28)9-3-18)25(33-15-19-4-10-22(29)11-5-19)26(27(31)35-17)34-16-20-6-12-23(30)13-7-20/h2-13,17,24-27,31H,14-16H2,1H3/t17?,24-,25?,26-,27+/m1/s1. The highest BCUT2D eigenvalue weighted by Crippen LogP contribution is 2.29. The predicted molar refractivity (Wildman–Crippen MR) is 137 cm³/mol. The highest BCUT2D eigenvalue weighted by atomic mass is 35.5. The van der Waals surface area contributed by atoms with Crippen LogP contribution in [0.1, 0.15) is 23.6 Å². The Kier molecular flexibility index (Phi) is 9.45. The first-order valence-electron chi connectivity index (χ1n) is 11.3. The number of aliphatic hydroxyl groups is 1. The lowest BCUT2D eigenvalue weighted by Crippen LogP contribution is -2.59. The van der Waals surface area contributed by atoms with Gasteiger partial charge in [0, 0.05) is 15.1 Å². The fraction of sp³-hybridized carbons (Fsp3) is 0.333. The molecule has 0 saturated carbocycles. The van der Waals surface area contributed by atoms with E-state index < -0.39 is 30.7 Å². The van der Waals surface area contributed by atoms with Crippen LogP contribution in [0.25, 0.3) is 0 Å². The second-order valence-electron chi connectivity index (χ2n) is 8.44. The second-order valence-corrected chi connectivity index (χ2v) is 9.75. The van der Waals surface area contributed by atoms with Crippen LogP contribution < -0.4 is 0 Å².